The van der Waals surface area contributed by atoms with Crippen LogP contribution in [0.3, 0.4) is 0 Å². The highest BCUT2D eigenvalue weighted by Gasteiger charge is 2.31. The van der Waals surface area contributed by atoms with Gasteiger partial charge < -0.3 is 14.8 Å². The molecule has 0 saturated carbocycles. The van der Waals surface area contributed by atoms with Crippen LogP contribution in [0.4, 0.5) is 18.9 Å². The average Bonchev–Trinajstić information content (AvgIpc) is 2.66. The van der Waals surface area contributed by atoms with Crippen LogP contribution in [0.1, 0.15) is 10.4 Å². The van der Waals surface area contributed by atoms with Crippen molar-refractivity contribution in [3.8, 4) is 5.75 Å². The van der Waals surface area contributed by atoms with E-state index in [-0.39, 0.29) is 16.1 Å². The molecule has 2 rings (SSSR count). The van der Waals surface area contributed by atoms with Gasteiger partial charge in [-0.25, -0.2) is 17.5 Å². The zero-order valence-corrected chi connectivity index (χ0v) is 16.6. The molecule has 0 aliphatic heterocycles. The molecule has 0 aliphatic carbocycles. The zero-order valence-electron chi connectivity index (χ0n) is 15.8. The van der Waals surface area contributed by atoms with Crippen LogP contribution in [-0.2, 0) is 19.6 Å². The maximum atomic E-state index is 12.1. The van der Waals surface area contributed by atoms with Gasteiger partial charge in [0.05, 0.1) is 10.5 Å². The number of amides is 1. The molecule has 0 unspecified atom stereocenters. The number of sulfonamides is 1. The minimum atomic E-state index is -4.83. The Morgan fingerprint density at radius 3 is 2.07 bits per heavy atom. The quantitative estimate of drug-likeness (QED) is 0.656. The Kier molecular flexibility index (Phi) is 7.05. The number of esters is 1. The van der Waals surface area contributed by atoms with Gasteiger partial charge in [0.25, 0.3) is 5.91 Å². The molecule has 0 aliphatic rings. The van der Waals surface area contributed by atoms with Gasteiger partial charge in [0, 0.05) is 19.8 Å². The first-order valence-electron chi connectivity index (χ1n) is 8.24. The van der Waals surface area contributed by atoms with Crippen LogP contribution in [0.5, 0.6) is 5.75 Å². The third kappa shape index (κ3) is 6.46. The van der Waals surface area contributed by atoms with E-state index in [4.69, 9.17) is 4.74 Å². The number of benzene rings is 2. The van der Waals surface area contributed by atoms with Crippen molar-refractivity contribution in [1.29, 1.82) is 0 Å². The van der Waals surface area contributed by atoms with E-state index in [1.54, 1.807) is 0 Å². The molecule has 8 nitrogen and oxygen atoms in total. The predicted octanol–water partition coefficient (Wildman–Crippen LogP) is 2.63. The third-order valence-corrected chi connectivity index (χ3v) is 5.40. The second-order valence-corrected chi connectivity index (χ2v) is 8.16. The van der Waals surface area contributed by atoms with Gasteiger partial charge in [0.15, 0.2) is 6.61 Å². The molecule has 0 radical (unpaired) electrons. The van der Waals surface area contributed by atoms with E-state index in [1.807, 2.05) is 0 Å². The van der Waals surface area contributed by atoms with E-state index in [0.29, 0.717) is 0 Å². The van der Waals surface area contributed by atoms with E-state index >= 15 is 0 Å². The second kappa shape index (κ2) is 9.13. The fourth-order valence-corrected chi connectivity index (χ4v) is 3.03. The van der Waals surface area contributed by atoms with Crippen molar-refractivity contribution in [1.82, 2.24) is 4.31 Å². The standard InChI is InChI=1S/C18H17F3N2O6S/c1-23(2)30(26,27)15-9-3-12(4-10-15)17(25)28-11-16(24)22-13-5-7-14(8-6-13)29-18(19,20)21/h3-10H,11H2,1-2H3,(H,22,24). The van der Waals surface area contributed by atoms with E-state index in [9.17, 15) is 31.2 Å². The van der Waals surface area contributed by atoms with Gasteiger partial charge in [-0.05, 0) is 48.5 Å². The number of hydrogen-bond acceptors (Lipinski definition) is 6. The second-order valence-electron chi connectivity index (χ2n) is 6.01. The van der Waals surface area contributed by atoms with Crippen LogP contribution in [0.2, 0.25) is 0 Å². The molecule has 30 heavy (non-hydrogen) atoms. The number of anilines is 1. The van der Waals surface area contributed by atoms with Crippen LogP contribution in [0, 0.1) is 0 Å². The van der Waals surface area contributed by atoms with Gasteiger partial charge in [-0.3, -0.25) is 4.79 Å². The summed E-state index contributed by atoms with van der Waals surface area (Å²) >= 11 is 0. The summed E-state index contributed by atoms with van der Waals surface area (Å²) in [6.07, 6.45) is -4.83. The van der Waals surface area contributed by atoms with Gasteiger partial charge in [-0.15, -0.1) is 13.2 Å². The highest BCUT2D eigenvalue weighted by Crippen LogP contribution is 2.24. The predicted molar refractivity (Wildman–Crippen MR) is 99.4 cm³/mol. The minimum absolute atomic E-state index is 0.0141. The van der Waals surface area contributed by atoms with Crippen molar-refractivity contribution < 1.29 is 40.7 Å². The Bertz CT molecular complexity index is 1000. The highest BCUT2D eigenvalue weighted by molar-refractivity contribution is 7.89. The van der Waals surface area contributed by atoms with Crippen LogP contribution in [0.15, 0.2) is 53.4 Å². The van der Waals surface area contributed by atoms with Crippen LogP contribution >= 0.6 is 0 Å². The number of rotatable bonds is 7. The number of ether oxygens (including phenoxy) is 2. The molecule has 0 fully saturated rings. The normalized spacial score (nSPS) is 11.8. The molecule has 0 heterocycles. The summed E-state index contributed by atoms with van der Waals surface area (Å²) in [5, 5.41) is 2.34. The summed E-state index contributed by atoms with van der Waals surface area (Å²) in [7, 11) is -0.911. The Balaban J connectivity index is 1.89. The first-order valence-corrected chi connectivity index (χ1v) is 9.68. The van der Waals surface area contributed by atoms with Gasteiger partial charge in [0.2, 0.25) is 10.0 Å². The summed E-state index contributed by atoms with van der Waals surface area (Å²) in [6.45, 7) is -0.655. The fraction of sp³-hybridized carbons (Fsp3) is 0.222. The van der Waals surface area contributed by atoms with E-state index in [0.717, 1.165) is 16.4 Å². The monoisotopic (exact) mass is 446 g/mol. The molecule has 0 bridgehead atoms. The number of halogens is 3. The van der Waals surface area contributed by atoms with Crippen LogP contribution in [-0.4, -0.2) is 51.7 Å². The molecule has 0 atom stereocenters. The largest absolute Gasteiger partial charge is 0.573 e. The molecule has 1 N–H and O–H groups in total. The SMILES string of the molecule is CN(C)S(=O)(=O)c1ccc(C(=O)OCC(=O)Nc2ccc(OC(F)(F)F)cc2)cc1. The minimum Gasteiger partial charge on any atom is -0.452 e. The first kappa shape index (κ1) is 23.2. The molecule has 162 valence electrons. The molecule has 0 saturated heterocycles. The Morgan fingerprint density at radius 2 is 1.57 bits per heavy atom. The number of hydrogen-bond donors (Lipinski definition) is 1. The average molecular weight is 446 g/mol. The molecular formula is C18H17F3N2O6S. The topological polar surface area (TPSA) is 102 Å². The number of alkyl halides is 3. The van der Waals surface area contributed by atoms with Gasteiger partial charge in [-0.2, -0.15) is 0 Å². The smallest absolute Gasteiger partial charge is 0.452 e. The lowest BCUT2D eigenvalue weighted by Gasteiger charge is -2.11. The fourth-order valence-electron chi connectivity index (χ4n) is 2.13. The Hall–Kier alpha value is -3.12. The van der Waals surface area contributed by atoms with Gasteiger partial charge in [-0.1, -0.05) is 0 Å². The van der Waals surface area contributed by atoms with Crippen molar-refractivity contribution >= 4 is 27.6 Å². The number of nitrogens with one attached hydrogen (secondary N) is 1. The molecule has 1 amide bonds. The highest BCUT2D eigenvalue weighted by atomic mass is 32.2. The van der Waals surface area contributed by atoms with E-state index in [2.05, 4.69) is 10.1 Å². The summed E-state index contributed by atoms with van der Waals surface area (Å²) in [6, 6.07) is 9.35. The van der Waals surface area contributed by atoms with Gasteiger partial charge >= 0.3 is 12.3 Å². The first-order chi connectivity index (χ1) is 13.9. The van der Waals surface area contributed by atoms with Crippen molar-refractivity contribution in [3.05, 3.63) is 54.1 Å². The van der Waals surface area contributed by atoms with Crippen molar-refractivity contribution in [3.63, 3.8) is 0 Å². The lowest BCUT2D eigenvalue weighted by molar-refractivity contribution is -0.274. The lowest BCUT2D eigenvalue weighted by atomic mass is 10.2. The Labute approximate surface area is 170 Å². The third-order valence-electron chi connectivity index (χ3n) is 3.57. The summed E-state index contributed by atoms with van der Waals surface area (Å²) in [4.78, 5) is 23.8. The number of carbonyl (C=O) groups excluding carboxylic acids is 2. The maximum Gasteiger partial charge on any atom is 0.573 e. The molecule has 0 spiro atoms. The maximum absolute atomic E-state index is 12.1. The number of nitrogens with zero attached hydrogens (tertiary/aromatic N) is 1. The Morgan fingerprint density at radius 1 is 1.00 bits per heavy atom. The molecule has 0 aromatic heterocycles. The van der Waals surface area contributed by atoms with E-state index < -0.39 is 40.6 Å². The van der Waals surface area contributed by atoms with Crippen molar-refractivity contribution in [2.75, 3.05) is 26.0 Å². The van der Waals surface area contributed by atoms with Gasteiger partial charge in [0.1, 0.15) is 5.75 Å². The summed E-state index contributed by atoms with van der Waals surface area (Å²) in [5.41, 5.74) is 0.206. The number of carbonyl (C=O) groups is 2. The molecule has 2 aromatic carbocycles. The lowest BCUT2D eigenvalue weighted by Crippen LogP contribution is -2.22. The van der Waals surface area contributed by atoms with Crippen LogP contribution < -0.4 is 10.1 Å². The summed E-state index contributed by atoms with van der Waals surface area (Å²) in [5.74, 6) is -2.03. The van der Waals surface area contributed by atoms with Crippen LogP contribution in [0.25, 0.3) is 0 Å². The molecule has 2 aromatic rings. The van der Waals surface area contributed by atoms with Crippen molar-refractivity contribution in [2.24, 2.45) is 0 Å². The summed E-state index contributed by atoms with van der Waals surface area (Å²) < 4.78 is 69.9. The zero-order chi connectivity index (χ0) is 22.5. The molecular weight excluding hydrogens is 429 g/mol. The van der Waals surface area contributed by atoms with Crippen molar-refractivity contribution in [2.45, 2.75) is 11.3 Å². The molecule has 12 heteroatoms. The van der Waals surface area contributed by atoms with E-state index in [1.165, 1.54) is 50.5 Å².